The molecule has 1 amide bonds. The first kappa shape index (κ1) is 19.7. The van der Waals surface area contributed by atoms with Crippen LogP contribution in [0.3, 0.4) is 0 Å². The number of hydrogen-bond acceptors (Lipinski definition) is 4. The summed E-state index contributed by atoms with van der Waals surface area (Å²) >= 11 is 0. The van der Waals surface area contributed by atoms with Gasteiger partial charge in [0.25, 0.3) is 5.91 Å². The summed E-state index contributed by atoms with van der Waals surface area (Å²) in [5, 5.41) is 7.21. The molecule has 3 rings (SSSR count). The van der Waals surface area contributed by atoms with E-state index in [9.17, 15) is 9.18 Å². The minimum absolute atomic E-state index is 0.0648. The Morgan fingerprint density at radius 2 is 1.89 bits per heavy atom. The van der Waals surface area contributed by atoms with Crippen molar-refractivity contribution in [2.45, 2.75) is 20.3 Å². The second kappa shape index (κ2) is 8.75. The summed E-state index contributed by atoms with van der Waals surface area (Å²) in [4.78, 5) is 16.9. The summed E-state index contributed by atoms with van der Waals surface area (Å²) in [6, 6.07) is 11.9. The van der Waals surface area contributed by atoms with E-state index in [-0.39, 0.29) is 17.5 Å². The van der Waals surface area contributed by atoms with Crippen LogP contribution in [0, 0.1) is 19.7 Å². The van der Waals surface area contributed by atoms with Gasteiger partial charge in [0, 0.05) is 25.8 Å². The minimum atomic E-state index is -0.359. The van der Waals surface area contributed by atoms with Gasteiger partial charge in [0.15, 0.2) is 5.82 Å². The van der Waals surface area contributed by atoms with Gasteiger partial charge in [0.1, 0.15) is 5.82 Å². The SMILES string of the molecule is COCCCNC(=O)c1nc(-c2ccc(F)cc2)n(-c2ccc(C)c(C)c2)n1. The van der Waals surface area contributed by atoms with Gasteiger partial charge < -0.3 is 10.1 Å². The molecule has 146 valence electrons. The molecule has 1 heterocycles. The Morgan fingerprint density at radius 3 is 2.57 bits per heavy atom. The first-order valence-corrected chi connectivity index (χ1v) is 9.07. The predicted octanol–water partition coefficient (Wildman–Crippen LogP) is 3.46. The number of hydrogen-bond donors (Lipinski definition) is 1. The quantitative estimate of drug-likeness (QED) is 0.636. The zero-order valence-corrected chi connectivity index (χ0v) is 16.2. The fraction of sp³-hybridized carbons (Fsp3) is 0.286. The molecule has 0 saturated heterocycles. The van der Waals surface area contributed by atoms with Crippen molar-refractivity contribution in [3.63, 3.8) is 0 Å². The normalized spacial score (nSPS) is 10.9. The van der Waals surface area contributed by atoms with Crippen molar-refractivity contribution in [1.82, 2.24) is 20.1 Å². The summed E-state index contributed by atoms with van der Waals surface area (Å²) in [5.41, 5.74) is 3.71. The molecule has 3 aromatic rings. The first-order chi connectivity index (χ1) is 13.5. The van der Waals surface area contributed by atoms with Crippen molar-refractivity contribution in [1.29, 1.82) is 0 Å². The minimum Gasteiger partial charge on any atom is -0.385 e. The Morgan fingerprint density at radius 1 is 1.14 bits per heavy atom. The fourth-order valence-electron chi connectivity index (χ4n) is 2.73. The fourth-order valence-corrected chi connectivity index (χ4v) is 2.73. The van der Waals surface area contributed by atoms with Gasteiger partial charge >= 0.3 is 0 Å². The number of rotatable bonds is 7. The summed E-state index contributed by atoms with van der Waals surface area (Å²) in [7, 11) is 1.61. The molecule has 0 atom stereocenters. The zero-order chi connectivity index (χ0) is 20.1. The lowest BCUT2D eigenvalue weighted by Crippen LogP contribution is -2.26. The topological polar surface area (TPSA) is 69.0 Å². The van der Waals surface area contributed by atoms with E-state index in [2.05, 4.69) is 15.4 Å². The second-order valence-electron chi connectivity index (χ2n) is 6.55. The van der Waals surface area contributed by atoms with E-state index in [1.165, 1.54) is 12.1 Å². The zero-order valence-electron chi connectivity index (χ0n) is 16.2. The van der Waals surface area contributed by atoms with Crippen LogP contribution in [0.1, 0.15) is 28.2 Å². The van der Waals surface area contributed by atoms with Crippen molar-refractivity contribution in [3.8, 4) is 17.1 Å². The lowest BCUT2D eigenvalue weighted by molar-refractivity contribution is 0.0938. The third-order valence-corrected chi connectivity index (χ3v) is 4.46. The molecule has 28 heavy (non-hydrogen) atoms. The smallest absolute Gasteiger partial charge is 0.290 e. The number of ether oxygens (including phenoxy) is 1. The van der Waals surface area contributed by atoms with Crippen molar-refractivity contribution >= 4 is 5.91 Å². The number of halogens is 1. The number of aromatic nitrogens is 3. The molecule has 0 unspecified atom stereocenters. The van der Waals surface area contributed by atoms with Gasteiger partial charge in [0.05, 0.1) is 5.69 Å². The van der Waals surface area contributed by atoms with E-state index >= 15 is 0 Å². The molecule has 0 aliphatic rings. The van der Waals surface area contributed by atoms with Crippen LogP contribution in [0.15, 0.2) is 42.5 Å². The van der Waals surface area contributed by atoms with E-state index in [0.717, 1.165) is 16.8 Å². The first-order valence-electron chi connectivity index (χ1n) is 9.07. The predicted molar refractivity (Wildman–Crippen MR) is 105 cm³/mol. The summed E-state index contributed by atoms with van der Waals surface area (Å²) < 4.78 is 19.9. The molecule has 2 aromatic carbocycles. The maximum atomic E-state index is 13.3. The van der Waals surface area contributed by atoms with Crippen LogP contribution in [0.4, 0.5) is 4.39 Å². The molecule has 0 spiro atoms. The molecule has 1 aromatic heterocycles. The average molecular weight is 382 g/mol. The second-order valence-corrected chi connectivity index (χ2v) is 6.55. The van der Waals surface area contributed by atoms with Gasteiger partial charge in [-0.2, -0.15) is 0 Å². The maximum absolute atomic E-state index is 13.3. The third-order valence-electron chi connectivity index (χ3n) is 4.46. The molecule has 1 N–H and O–H groups in total. The van der Waals surface area contributed by atoms with Gasteiger partial charge in [-0.15, -0.1) is 5.10 Å². The van der Waals surface area contributed by atoms with E-state index in [4.69, 9.17) is 4.74 Å². The van der Waals surface area contributed by atoms with Crippen LogP contribution >= 0.6 is 0 Å². The van der Waals surface area contributed by atoms with Crippen LogP contribution in [0.5, 0.6) is 0 Å². The summed E-state index contributed by atoms with van der Waals surface area (Å²) in [5.74, 6) is -0.153. The van der Waals surface area contributed by atoms with Crippen molar-refractivity contribution in [3.05, 3.63) is 65.2 Å². The van der Waals surface area contributed by atoms with E-state index in [1.807, 2.05) is 32.0 Å². The Bertz CT molecular complexity index is 967. The largest absolute Gasteiger partial charge is 0.385 e. The van der Waals surface area contributed by atoms with E-state index in [0.29, 0.717) is 31.0 Å². The Kier molecular flexibility index (Phi) is 6.16. The van der Waals surface area contributed by atoms with Crippen LogP contribution in [0.25, 0.3) is 17.1 Å². The van der Waals surface area contributed by atoms with Gasteiger partial charge in [-0.1, -0.05) is 6.07 Å². The number of carbonyl (C=O) groups excluding carboxylic acids is 1. The highest BCUT2D eigenvalue weighted by Crippen LogP contribution is 2.23. The molecule has 0 aliphatic heterocycles. The van der Waals surface area contributed by atoms with E-state index < -0.39 is 0 Å². The summed E-state index contributed by atoms with van der Waals surface area (Å²) in [6.45, 7) is 5.07. The number of carbonyl (C=O) groups is 1. The molecular formula is C21H23FN4O2. The highest BCUT2D eigenvalue weighted by molar-refractivity contribution is 5.91. The van der Waals surface area contributed by atoms with Gasteiger partial charge in [0.2, 0.25) is 5.82 Å². The monoisotopic (exact) mass is 382 g/mol. The standard InChI is InChI=1S/C21H23FN4O2/c1-14-5-10-18(13-15(14)2)26-20(16-6-8-17(22)9-7-16)24-19(25-26)21(27)23-11-4-12-28-3/h5-10,13H,4,11-12H2,1-3H3,(H,23,27). The highest BCUT2D eigenvalue weighted by atomic mass is 19.1. The molecule has 0 aliphatic carbocycles. The number of nitrogens with one attached hydrogen (secondary N) is 1. The molecule has 7 heteroatoms. The third kappa shape index (κ3) is 4.43. The maximum Gasteiger partial charge on any atom is 0.290 e. The van der Waals surface area contributed by atoms with Crippen molar-refractivity contribution < 1.29 is 13.9 Å². The van der Waals surface area contributed by atoms with Gasteiger partial charge in [-0.3, -0.25) is 4.79 Å². The van der Waals surface area contributed by atoms with Crippen LogP contribution < -0.4 is 5.32 Å². The number of benzene rings is 2. The van der Waals surface area contributed by atoms with Gasteiger partial charge in [-0.25, -0.2) is 14.1 Å². The molecule has 6 nitrogen and oxygen atoms in total. The van der Waals surface area contributed by atoms with Crippen molar-refractivity contribution in [2.24, 2.45) is 0 Å². The van der Waals surface area contributed by atoms with Crippen LogP contribution in [0.2, 0.25) is 0 Å². The lowest BCUT2D eigenvalue weighted by atomic mass is 10.1. The molecule has 0 bridgehead atoms. The Hall–Kier alpha value is -3.06. The highest BCUT2D eigenvalue weighted by Gasteiger charge is 2.19. The summed E-state index contributed by atoms with van der Waals surface area (Å²) in [6.07, 6.45) is 0.699. The number of nitrogens with zero attached hydrogens (tertiary/aromatic N) is 3. The average Bonchev–Trinajstić information content (AvgIpc) is 3.13. The molecule has 0 fully saturated rings. The van der Waals surface area contributed by atoms with Crippen LogP contribution in [-0.4, -0.2) is 40.9 Å². The molecule has 0 radical (unpaired) electrons. The number of amides is 1. The Balaban J connectivity index is 1.98. The molecular weight excluding hydrogens is 359 g/mol. The van der Waals surface area contributed by atoms with Crippen LogP contribution in [-0.2, 0) is 4.74 Å². The lowest BCUT2D eigenvalue weighted by Gasteiger charge is -2.08. The molecule has 0 saturated carbocycles. The van der Waals surface area contributed by atoms with Crippen molar-refractivity contribution in [2.75, 3.05) is 20.3 Å². The number of aryl methyl sites for hydroxylation is 2. The number of methoxy groups -OCH3 is 1. The Labute approximate surface area is 163 Å². The van der Waals surface area contributed by atoms with Gasteiger partial charge in [-0.05, 0) is 67.8 Å². The van der Waals surface area contributed by atoms with E-state index in [1.54, 1.807) is 23.9 Å².